The molecule has 1 amide bonds. The standard InChI is InChI=1S/C18H23NO3S/c20-16(13-18(9-10-18)17(21)22)19-11-3-1-2-5-14(19)7-8-15-6-4-12-23-15/h4,6-8,12,14H,1-3,5,9-11,13H2,(H,21,22)/b8-7+. The van der Waals surface area contributed by atoms with Gasteiger partial charge in [-0.3, -0.25) is 9.59 Å². The minimum atomic E-state index is -0.814. The van der Waals surface area contributed by atoms with Crippen LogP contribution in [-0.2, 0) is 9.59 Å². The summed E-state index contributed by atoms with van der Waals surface area (Å²) in [5, 5.41) is 11.4. The predicted molar refractivity (Wildman–Crippen MR) is 91.2 cm³/mol. The van der Waals surface area contributed by atoms with Crippen molar-refractivity contribution >= 4 is 29.3 Å². The molecule has 23 heavy (non-hydrogen) atoms. The zero-order valence-electron chi connectivity index (χ0n) is 13.2. The molecule has 1 aliphatic heterocycles. The minimum absolute atomic E-state index is 0.00706. The molecule has 1 aliphatic carbocycles. The fourth-order valence-corrected chi connectivity index (χ4v) is 3.87. The van der Waals surface area contributed by atoms with Gasteiger partial charge in [-0.15, -0.1) is 11.3 Å². The SMILES string of the molecule is O=C(CC1(C(=O)O)CC1)N1CCCCCC1/C=C/c1cccs1. The van der Waals surface area contributed by atoms with Crippen LogP contribution < -0.4 is 0 Å². The Bertz CT molecular complexity index is 589. The van der Waals surface area contributed by atoms with Gasteiger partial charge in [0.15, 0.2) is 0 Å². The Labute approximate surface area is 140 Å². The van der Waals surface area contributed by atoms with Gasteiger partial charge in [-0.1, -0.05) is 25.0 Å². The average molecular weight is 333 g/mol. The summed E-state index contributed by atoms with van der Waals surface area (Å²) in [7, 11) is 0. The van der Waals surface area contributed by atoms with Crippen molar-refractivity contribution in [2.75, 3.05) is 6.54 Å². The Balaban J connectivity index is 1.70. The van der Waals surface area contributed by atoms with E-state index in [2.05, 4.69) is 18.2 Å². The number of thiophene rings is 1. The number of carboxylic acid groups (broad SMARTS) is 1. The van der Waals surface area contributed by atoms with Crippen LogP contribution in [0.4, 0.5) is 0 Å². The Morgan fingerprint density at radius 2 is 2.17 bits per heavy atom. The highest BCUT2D eigenvalue weighted by Gasteiger charge is 2.52. The van der Waals surface area contributed by atoms with Crippen molar-refractivity contribution in [2.45, 2.75) is 51.0 Å². The van der Waals surface area contributed by atoms with Crippen molar-refractivity contribution in [3.8, 4) is 0 Å². The van der Waals surface area contributed by atoms with Gasteiger partial charge >= 0.3 is 5.97 Å². The molecule has 0 bridgehead atoms. The number of hydrogen-bond donors (Lipinski definition) is 1. The third kappa shape index (κ3) is 3.83. The van der Waals surface area contributed by atoms with Gasteiger partial charge in [0.2, 0.25) is 5.91 Å². The highest BCUT2D eigenvalue weighted by atomic mass is 32.1. The average Bonchev–Trinajstić information content (AvgIpc) is 3.20. The van der Waals surface area contributed by atoms with Gasteiger partial charge < -0.3 is 10.0 Å². The lowest BCUT2D eigenvalue weighted by molar-refractivity contribution is -0.148. The second kappa shape index (κ2) is 6.87. The first-order chi connectivity index (χ1) is 11.1. The molecule has 1 aromatic rings. The highest BCUT2D eigenvalue weighted by molar-refractivity contribution is 7.10. The maximum absolute atomic E-state index is 12.7. The lowest BCUT2D eigenvalue weighted by Crippen LogP contribution is -2.40. The minimum Gasteiger partial charge on any atom is -0.481 e. The van der Waals surface area contributed by atoms with E-state index in [1.165, 1.54) is 4.88 Å². The van der Waals surface area contributed by atoms with E-state index in [1.54, 1.807) is 11.3 Å². The maximum atomic E-state index is 12.7. The van der Waals surface area contributed by atoms with Gasteiger partial charge in [-0.05, 0) is 43.2 Å². The molecule has 4 nitrogen and oxygen atoms in total. The quantitative estimate of drug-likeness (QED) is 0.892. The Hall–Kier alpha value is -1.62. The fraction of sp³-hybridized carbons (Fsp3) is 0.556. The number of carboxylic acids is 1. The van der Waals surface area contributed by atoms with E-state index in [1.807, 2.05) is 16.3 Å². The summed E-state index contributed by atoms with van der Waals surface area (Å²) in [4.78, 5) is 27.2. The van der Waals surface area contributed by atoms with Crippen molar-refractivity contribution in [2.24, 2.45) is 5.41 Å². The van der Waals surface area contributed by atoms with Crippen LogP contribution in [0.3, 0.4) is 0 Å². The normalized spacial score (nSPS) is 23.7. The predicted octanol–water partition coefficient (Wildman–Crippen LogP) is 3.79. The zero-order valence-corrected chi connectivity index (χ0v) is 14.1. The number of aliphatic carboxylic acids is 1. The van der Waals surface area contributed by atoms with Crippen molar-refractivity contribution < 1.29 is 14.7 Å². The Kier molecular flexibility index (Phi) is 4.85. The fourth-order valence-electron chi connectivity index (χ4n) is 3.24. The number of carbonyl (C=O) groups is 2. The first-order valence-electron chi connectivity index (χ1n) is 8.35. The molecular weight excluding hydrogens is 310 g/mol. The second-order valence-electron chi connectivity index (χ2n) is 6.64. The van der Waals surface area contributed by atoms with Crippen LogP contribution in [0.1, 0.15) is 49.8 Å². The van der Waals surface area contributed by atoms with Crippen molar-refractivity contribution in [1.29, 1.82) is 0 Å². The molecule has 1 saturated heterocycles. The number of carbonyl (C=O) groups excluding carboxylic acids is 1. The zero-order chi connectivity index (χ0) is 16.3. The van der Waals surface area contributed by atoms with Crippen LogP contribution in [0.25, 0.3) is 6.08 Å². The lowest BCUT2D eigenvalue weighted by Gasteiger charge is -2.29. The lowest BCUT2D eigenvalue weighted by atomic mass is 10.0. The molecular formula is C18H23NO3S. The van der Waals surface area contributed by atoms with E-state index in [4.69, 9.17) is 0 Å². The largest absolute Gasteiger partial charge is 0.481 e. The molecule has 0 spiro atoms. The highest BCUT2D eigenvalue weighted by Crippen LogP contribution is 2.49. The van der Waals surface area contributed by atoms with Crippen molar-refractivity contribution in [1.82, 2.24) is 4.90 Å². The molecule has 124 valence electrons. The summed E-state index contributed by atoms with van der Waals surface area (Å²) in [6, 6.07) is 4.18. The van der Waals surface area contributed by atoms with Crippen molar-refractivity contribution in [3.63, 3.8) is 0 Å². The number of nitrogens with zero attached hydrogens (tertiary/aromatic N) is 1. The summed E-state index contributed by atoms with van der Waals surface area (Å²) >= 11 is 1.68. The van der Waals surface area contributed by atoms with Gasteiger partial charge in [-0.2, -0.15) is 0 Å². The van der Waals surface area contributed by atoms with E-state index in [-0.39, 0.29) is 18.4 Å². The molecule has 2 fully saturated rings. The molecule has 1 unspecified atom stereocenters. The van der Waals surface area contributed by atoms with Crippen LogP contribution >= 0.6 is 11.3 Å². The molecule has 2 heterocycles. The number of rotatable bonds is 5. The van der Waals surface area contributed by atoms with Crippen LogP contribution in [0.15, 0.2) is 23.6 Å². The molecule has 1 saturated carbocycles. The smallest absolute Gasteiger partial charge is 0.310 e. The number of hydrogen-bond acceptors (Lipinski definition) is 3. The maximum Gasteiger partial charge on any atom is 0.310 e. The first kappa shape index (κ1) is 16.2. The van der Waals surface area contributed by atoms with Crippen LogP contribution in [0.2, 0.25) is 0 Å². The summed E-state index contributed by atoms with van der Waals surface area (Å²) in [6.45, 7) is 0.744. The van der Waals surface area contributed by atoms with Crippen molar-refractivity contribution in [3.05, 3.63) is 28.5 Å². The third-order valence-corrected chi connectivity index (χ3v) is 5.78. The van der Waals surface area contributed by atoms with Gasteiger partial charge in [0.25, 0.3) is 0 Å². The first-order valence-corrected chi connectivity index (χ1v) is 9.23. The Morgan fingerprint density at radius 1 is 1.35 bits per heavy atom. The number of amides is 1. The number of likely N-dealkylation sites (tertiary alicyclic amines) is 1. The van der Waals surface area contributed by atoms with E-state index in [0.717, 1.165) is 32.2 Å². The summed E-state index contributed by atoms with van der Waals surface area (Å²) in [5.74, 6) is -0.807. The molecule has 3 rings (SSSR count). The van der Waals surface area contributed by atoms with E-state index in [0.29, 0.717) is 12.8 Å². The summed E-state index contributed by atoms with van der Waals surface area (Å²) in [6.07, 6.45) is 9.87. The van der Waals surface area contributed by atoms with Gasteiger partial charge in [0, 0.05) is 17.8 Å². The molecule has 5 heteroatoms. The molecule has 1 aromatic heterocycles. The molecule has 1 N–H and O–H groups in total. The molecule has 0 aromatic carbocycles. The van der Waals surface area contributed by atoms with E-state index < -0.39 is 11.4 Å². The van der Waals surface area contributed by atoms with E-state index in [9.17, 15) is 14.7 Å². The molecule has 0 radical (unpaired) electrons. The van der Waals surface area contributed by atoms with E-state index >= 15 is 0 Å². The van der Waals surface area contributed by atoms with Crippen LogP contribution in [0, 0.1) is 5.41 Å². The second-order valence-corrected chi connectivity index (χ2v) is 7.62. The third-order valence-electron chi connectivity index (χ3n) is 4.94. The van der Waals surface area contributed by atoms with Crippen LogP contribution in [-0.4, -0.2) is 34.5 Å². The van der Waals surface area contributed by atoms with Gasteiger partial charge in [0.05, 0.1) is 11.5 Å². The monoisotopic (exact) mass is 333 g/mol. The van der Waals surface area contributed by atoms with Crippen LogP contribution in [0.5, 0.6) is 0 Å². The van der Waals surface area contributed by atoms with Gasteiger partial charge in [-0.25, -0.2) is 0 Å². The topological polar surface area (TPSA) is 57.6 Å². The molecule has 2 aliphatic rings. The molecule has 1 atom stereocenters. The summed E-state index contributed by atoms with van der Waals surface area (Å²) in [5.41, 5.74) is -0.772. The Morgan fingerprint density at radius 3 is 2.83 bits per heavy atom. The van der Waals surface area contributed by atoms with Gasteiger partial charge in [0.1, 0.15) is 0 Å². The summed E-state index contributed by atoms with van der Waals surface area (Å²) < 4.78 is 0.